The maximum absolute atomic E-state index is 11.2. The third-order valence-electron chi connectivity index (χ3n) is 4.53. The van der Waals surface area contributed by atoms with Crippen LogP contribution in [0.5, 0.6) is 0 Å². The lowest BCUT2D eigenvalue weighted by Crippen LogP contribution is -2.59. The molecule has 6 heteroatoms. The molecule has 0 atom stereocenters. The summed E-state index contributed by atoms with van der Waals surface area (Å²) in [5.74, 6) is -0.951. The van der Waals surface area contributed by atoms with E-state index < -0.39 is 5.97 Å². The predicted molar refractivity (Wildman–Crippen MR) is 93.1 cm³/mol. The highest BCUT2D eigenvalue weighted by Crippen LogP contribution is 2.31. The molecule has 122 valence electrons. The summed E-state index contributed by atoms with van der Waals surface area (Å²) in [5, 5.41) is 15.1. The van der Waals surface area contributed by atoms with Gasteiger partial charge in [0.25, 0.3) is 5.13 Å². The SMILES string of the molecule is Cc1ccc(C)c(C[N+]2(c3nc(C(=O)O)cs3)CCNCC2)c1. The standard InChI is InChI=1S/C17H21N3O2S/c1-12-3-4-13(2)14(9-12)10-20(7-5-18-6-8-20)17-19-15(11-23-17)16(21)22/h3-4,9,11,18H,5-8,10H2,1-2H3/p+1. The Morgan fingerprint density at radius 1 is 1.35 bits per heavy atom. The Morgan fingerprint density at radius 3 is 2.74 bits per heavy atom. The molecule has 0 saturated carbocycles. The Balaban J connectivity index is 1.99. The van der Waals surface area contributed by atoms with Crippen molar-refractivity contribution in [2.75, 3.05) is 26.2 Å². The maximum Gasteiger partial charge on any atom is 0.355 e. The second kappa shape index (κ2) is 6.39. The van der Waals surface area contributed by atoms with Crippen LogP contribution in [0.25, 0.3) is 0 Å². The lowest BCUT2D eigenvalue weighted by atomic mass is 10.0. The number of quaternary nitrogens is 1. The smallest absolute Gasteiger partial charge is 0.355 e. The molecule has 0 spiro atoms. The summed E-state index contributed by atoms with van der Waals surface area (Å²) in [7, 11) is 0. The molecule has 2 N–H and O–H groups in total. The number of aromatic carboxylic acids is 1. The van der Waals surface area contributed by atoms with Crippen molar-refractivity contribution in [3.63, 3.8) is 0 Å². The second-order valence-electron chi connectivity index (χ2n) is 6.25. The number of aromatic nitrogens is 1. The molecule has 0 bridgehead atoms. The number of rotatable bonds is 4. The van der Waals surface area contributed by atoms with Gasteiger partial charge in [-0.05, 0) is 19.4 Å². The molecule has 1 aromatic carbocycles. The van der Waals surface area contributed by atoms with Gasteiger partial charge in [-0.3, -0.25) is 4.48 Å². The van der Waals surface area contributed by atoms with E-state index in [9.17, 15) is 9.90 Å². The van der Waals surface area contributed by atoms with Gasteiger partial charge in [0.15, 0.2) is 5.69 Å². The number of carboxylic acids is 1. The number of hydrogen-bond donors (Lipinski definition) is 2. The molecule has 0 aliphatic carbocycles. The van der Waals surface area contributed by atoms with Crippen LogP contribution in [0.1, 0.15) is 27.2 Å². The van der Waals surface area contributed by atoms with Gasteiger partial charge in [-0.15, -0.1) is 0 Å². The van der Waals surface area contributed by atoms with Crippen molar-refractivity contribution in [2.24, 2.45) is 0 Å². The van der Waals surface area contributed by atoms with Gasteiger partial charge in [0.05, 0.1) is 13.1 Å². The summed E-state index contributed by atoms with van der Waals surface area (Å²) in [4.78, 5) is 15.6. The minimum absolute atomic E-state index is 0.155. The van der Waals surface area contributed by atoms with Crippen LogP contribution in [0.2, 0.25) is 0 Å². The summed E-state index contributed by atoms with van der Waals surface area (Å²) < 4.78 is 0.731. The van der Waals surface area contributed by atoms with Crippen molar-refractivity contribution in [1.82, 2.24) is 14.8 Å². The van der Waals surface area contributed by atoms with E-state index in [0.717, 1.165) is 42.3 Å². The molecular formula is C17H22N3O2S+. The Bertz CT molecular complexity index is 720. The molecular weight excluding hydrogens is 310 g/mol. The fourth-order valence-electron chi connectivity index (χ4n) is 3.12. The van der Waals surface area contributed by atoms with E-state index in [0.29, 0.717) is 0 Å². The van der Waals surface area contributed by atoms with Crippen molar-refractivity contribution in [3.05, 3.63) is 46.0 Å². The van der Waals surface area contributed by atoms with Crippen molar-refractivity contribution in [2.45, 2.75) is 20.4 Å². The third kappa shape index (κ3) is 3.29. The van der Waals surface area contributed by atoms with Crippen LogP contribution in [-0.4, -0.2) is 42.2 Å². The lowest BCUT2D eigenvalue weighted by Gasteiger charge is -2.39. The molecule has 3 rings (SSSR count). The Morgan fingerprint density at radius 2 is 2.09 bits per heavy atom. The quantitative estimate of drug-likeness (QED) is 0.845. The average molecular weight is 332 g/mol. The summed E-state index contributed by atoms with van der Waals surface area (Å²) in [6.07, 6.45) is 0. The van der Waals surface area contributed by atoms with Crippen molar-refractivity contribution in [3.8, 4) is 0 Å². The fourth-order valence-corrected chi connectivity index (χ4v) is 4.11. The van der Waals surface area contributed by atoms with Gasteiger partial charge in [0, 0.05) is 24.0 Å². The largest absolute Gasteiger partial charge is 0.476 e. The highest BCUT2D eigenvalue weighted by Gasteiger charge is 2.36. The zero-order valence-corrected chi connectivity index (χ0v) is 14.3. The van der Waals surface area contributed by atoms with Gasteiger partial charge in [-0.1, -0.05) is 35.1 Å². The molecule has 0 radical (unpaired) electrons. The molecule has 2 heterocycles. The first-order chi connectivity index (χ1) is 11.0. The van der Waals surface area contributed by atoms with Crippen LogP contribution in [0.3, 0.4) is 0 Å². The van der Waals surface area contributed by atoms with Gasteiger partial charge in [-0.25, -0.2) is 4.79 Å². The molecule has 23 heavy (non-hydrogen) atoms. The molecule has 1 fully saturated rings. The molecule has 1 aliphatic heterocycles. The van der Waals surface area contributed by atoms with E-state index in [2.05, 4.69) is 42.3 Å². The molecule has 0 unspecified atom stereocenters. The van der Waals surface area contributed by atoms with Crippen LogP contribution in [0, 0.1) is 13.8 Å². The third-order valence-corrected chi connectivity index (χ3v) is 5.56. The molecule has 1 saturated heterocycles. The number of nitrogens with one attached hydrogen (secondary N) is 1. The molecule has 5 nitrogen and oxygen atoms in total. The van der Waals surface area contributed by atoms with Gasteiger partial charge in [-0.2, -0.15) is 4.98 Å². The first kappa shape index (κ1) is 16.1. The highest BCUT2D eigenvalue weighted by molar-refractivity contribution is 7.13. The van der Waals surface area contributed by atoms with Crippen molar-refractivity contribution in [1.29, 1.82) is 0 Å². The fraction of sp³-hybridized carbons (Fsp3) is 0.412. The van der Waals surface area contributed by atoms with E-state index in [-0.39, 0.29) is 5.69 Å². The van der Waals surface area contributed by atoms with Crippen LogP contribution >= 0.6 is 11.3 Å². The first-order valence-electron chi connectivity index (χ1n) is 7.82. The van der Waals surface area contributed by atoms with E-state index in [1.807, 2.05) is 0 Å². The Hall–Kier alpha value is -1.76. The average Bonchev–Trinajstić information content (AvgIpc) is 3.03. The second-order valence-corrected chi connectivity index (χ2v) is 7.09. The molecule has 0 amide bonds. The van der Waals surface area contributed by atoms with Gasteiger partial charge in [0.1, 0.15) is 6.54 Å². The first-order valence-corrected chi connectivity index (χ1v) is 8.70. The number of benzene rings is 1. The normalized spacial score (nSPS) is 17.1. The summed E-state index contributed by atoms with van der Waals surface area (Å²) in [6.45, 7) is 8.82. The van der Waals surface area contributed by atoms with Gasteiger partial charge >= 0.3 is 5.97 Å². The predicted octanol–water partition coefficient (Wildman–Crippen LogP) is 2.57. The number of carbonyl (C=O) groups is 1. The number of piperazine rings is 1. The number of thiazole rings is 1. The molecule has 2 aromatic rings. The van der Waals surface area contributed by atoms with E-state index in [1.54, 1.807) is 5.38 Å². The van der Waals surface area contributed by atoms with Crippen LogP contribution in [-0.2, 0) is 6.54 Å². The van der Waals surface area contributed by atoms with Crippen molar-refractivity contribution >= 4 is 22.4 Å². The summed E-state index contributed by atoms with van der Waals surface area (Å²) in [5.41, 5.74) is 4.01. The Labute approximate surface area is 140 Å². The lowest BCUT2D eigenvalue weighted by molar-refractivity contribution is 0.0691. The van der Waals surface area contributed by atoms with E-state index in [1.165, 1.54) is 28.0 Å². The van der Waals surface area contributed by atoms with Crippen molar-refractivity contribution < 1.29 is 9.90 Å². The summed E-state index contributed by atoms with van der Waals surface area (Å²) >= 11 is 1.47. The highest BCUT2D eigenvalue weighted by atomic mass is 32.1. The Kier molecular flexibility index (Phi) is 4.48. The molecule has 1 aliphatic rings. The van der Waals surface area contributed by atoms with Gasteiger partial charge < -0.3 is 10.4 Å². The van der Waals surface area contributed by atoms with Crippen LogP contribution < -0.4 is 9.80 Å². The van der Waals surface area contributed by atoms with E-state index in [4.69, 9.17) is 0 Å². The van der Waals surface area contributed by atoms with E-state index >= 15 is 0 Å². The number of carboxylic acid groups (broad SMARTS) is 1. The maximum atomic E-state index is 11.2. The zero-order valence-electron chi connectivity index (χ0n) is 13.5. The number of hydrogen-bond acceptors (Lipinski definition) is 4. The zero-order chi connectivity index (χ0) is 16.4. The number of nitrogens with zero attached hydrogens (tertiary/aromatic N) is 2. The summed E-state index contributed by atoms with van der Waals surface area (Å²) in [6, 6.07) is 6.53. The monoisotopic (exact) mass is 332 g/mol. The topological polar surface area (TPSA) is 62.2 Å². The van der Waals surface area contributed by atoms with Crippen LogP contribution in [0.15, 0.2) is 23.6 Å². The van der Waals surface area contributed by atoms with Gasteiger partial charge in [0.2, 0.25) is 0 Å². The van der Waals surface area contributed by atoms with Crippen LogP contribution in [0.4, 0.5) is 5.13 Å². The minimum Gasteiger partial charge on any atom is -0.476 e. The number of aryl methyl sites for hydroxylation is 2. The minimum atomic E-state index is -0.951. The molecule has 1 aromatic heterocycles.